The van der Waals surface area contributed by atoms with Crippen LogP contribution in [0.4, 0.5) is 10.1 Å². The number of carbonyl (C=O) groups excluding carboxylic acids is 1. The van der Waals surface area contributed by atoms with Crippen LogP contribution >= 0.6 is 11.8 Å². The van der Waals surface area contributed by atoms with Gasteiger partial charge in [0.2, 0.25) is 0 Å². The lowest BCUT2D eigenvalue weighted by Gasteiger charge is -2.22. The number of fused-ring (bicyclic) bond motifs is 1. The van der Waals surface area contributed by atoms with Crippen molar-refractivity contribution in [2.24, 2.45) is 0 Å². The number of aromatic nitrogens is 3. The van der Waals surface area contributed by atoms with Crippen LogP contribution in [0, 0.1) is 5.82 Å². The molecule has 1 amide bonds. The summed E-state index contributed by atoms with van der Waals surface area (Å²) in [7, 11) is 0. The highest BCUT2D eigenvalue weighted by atomic mass is 32.2. The summed E-state index contributed by atoms with van der Waals surface area (Å²) in [5.41, 5.74) is -0.407. The Labute approximate surface area is 160 Å². The van der Waals surface area contributed by atoms with Gasteiger partial charge >= 0.3 is 0 Å². The molecule has 0 fully saturated rings. The predicted molar refractivity (Wildman–Crippen MR) is 103 cm³/mol. The number of nitrogens with zero attached hydrogens (tertiary/aromatic N) is 3. The quantitative estimate of drug-likeness (QED) is 0.632. The number of halogens is 1. The van der Waals surface area contributed by atoms with Gasteiger partial charge in [-0.15, -0.1) is 22.0 Å². The normalized spacial score (nSPS) is 13.7. The Bertz CT molecular complexity index is 971. The first-order valence-electron chi connectivity index (χ1n) is 8.53. The van der Waals surface area contributed by atoms with Gasteiger partial charge in [0, 0.05) is 22.8 Å². The Morgan fingerprint density at radius 3 is 2.81 bits per heavy atom. The van der Waals surface area contributed by atoms with Gasteiger partial charge in [0.15, 0.2) is 5.65 Å². The van der Waals surface area contributed by atoms with Crippen LogP contribution in [0.5, 0.6) is 0 Å². The molecular weight excluding hydrogens is 367 g/mol. The molecular formula is C19H21FN4O2S. The summed E-state index contributed by atoms with van der Waals surface area (Å²) in [5, 5.41) is 21.5. The van der Waals surface area contributed by atoms with Gasteiger partial charge in [-0.25, -0.2) is 4.39 Å². The molecule has 0 aliphatic rings. The zero-order chi connectivity index (χ0) is 19.6. The van der Waals surface area contributed by atoms with Crippen molar-refractivity contribution >= 4 is 29.0 Å². The first-order valence-corrected chi connectivity index (χ1v) is 9.52. The molecule has 27 heavy (non-hydrogen) atoms. The van der Waals surface area contributed by atoms with E-state index in [2.05, 4.69) is 15.5 Å². The van der Waals surface area contributed by atoms with E-state index in [-0.39, 0.29) is 17.5 Å². The molecule has 1 aromatic carbocycles. The van der Waals surface area contributed by atoms with E-state index in [0.29, 0.717) is 16.2 Å². The average Bonchev–Trinajstić information content (AvgIpc) is 3.03. The van der Waals surface area contributed by atoms with Gasteiger partial charge in [0.25, 0.3) is 5.91 Å². The number of rotatable bonds is 6. The van der Waals surface area contributed by atoms with E-state index in [4.69, 9.17) is 0 Å². The molecule has 2 heterocycles. The van der Waals surface area contributed by atoms with Crippen molar-refractivity contribution in [3.8, 4) is 0 Å². The molecule has 1 unspecified atom stereocenters. The smallest absolute Gasteiger partial charge is 0.256 e. The molecule has 0 aliphatic carbocycles. The Morgan fingerprint density at radius 1 is 1.33 bits per heavy atom. The van der Waals surface area contributed by atoms with Crippen molar-refractivity contribution in [3.63, 3.8) is 0 Å². The number of nitrogens with one attached hydrogen (secondary N) is 1. The van der Waals surface area contributed by atoms with Gasteiger partial charge in [0.1, 0.15) is 17.2 Å². The maximum Gasteiger partial charge on any atom is 0.256 e. The van der Waals surface area contributed by atoms with Gasteiger partial charge in [-0.05, 0) is 37.3 Å². The first kappa shape index (κ1) is 19.3. The lowest BCUT2D eigenvalue weighted by atomic mass is 10.1. The monoisotopic (exact) mass is 388 g/mol. The number of amides is 1. The van der Waals surface area contributed by atoms with E-state index in [1.54, 1.807) is 30.5 Å². The number of aliphatic hydroxyl groups is 1. The van der Waals surface area contributed by atoms with Crippen LogP contribution in [-0.4, -0.2) is 37.0 Å². The standard InChI is InChI=1S/C19H21FN4O2S/c1-12(2)17-23-22-16-8-7-14(10-24(16)17)21-18(25)19(3,26)11-27-15-6-4-5-13(20)9-15/h4-10,12,26H,11H2,1-3H3,(H,21,25). The van der Waals surface area contributed by atoms with Crippen molar-refractivity contribution in [1.29, 1.82) is 0 Å². The average molecular weight is 388 g/mol. The van der Waals surface area contributed by atoms with Crippen LogP contribution in [0.3, 0.4) is 0 Å². The Morgan fingerprint density at radius 2 is 2.11 bits per heavy atom. The maximum atomic E-state index is 13.3. The third-order valence-electron chi connectivity index (χ3n) is 4.01. The summed E-state index contributed by atoms with van der Waals surface area (Å²) < 4.78 is 15.1. The van der Waals surface area contributed by atoms with Crippen LogP contribution in [-0.2, 0) is 4.79 Å². The second kappa shape index (κ2) is 7.66. The molecule has 3 aromatic rings. The molecule has 0 aliphatic heterocycles. The molecule has 2 N–H and O–H groups in total. The fourth-order valence-corrected chi connectivity index (χ4v) is 3.44. The van der Waals surface area contributed by atoms with Crippen molar-refractivity contribution < 1.29 is 14.3 Å². The minimum Gasteiger partial charge on any atom is -0.379 e. The van der Waals surface area contributed by atoms with Crippen molar-refractivity contribution in [3.05, 3.63) is 54.2 Å². The molecule has 8 heteroatoms. The minimum absolute atomic E-state index is 0.0917. The number of hydrogen-bond donors (Lipinski definition) is 2. The summed E-state index contributed by atoms with van der Waals surface area (Å²) in [4.78, 5) is 13.2. The molecule has 0 radical (unpaired) electrons. The molecule has 1 atom stereocenters. The van der Waals surface area contributed by atoms with Crippen LogP contribution in [0.1, 0.15) is 32.5 Å². The zero-order valence-corrected chi connectivity index (χ0v) is 16.1. The molecule has 3 rings (SSSR count). The van der Waals surface area contributed by atoms with E-state index in [1.807, 2.05) is 18.2 Å². The molecule has 142 valence electrons. The summed E-state index contributed by atoms with van der Waals surface area (Å²) >= 11 is 1.21. The Balaban J connectivity index is 1.71. The number of hydrogen-bond acceptors (Lipinski definition) is 5. The fraction of sp³-hybridized carbons (Fsp3) is 0.316. The number of carbonyl (C=O) groups is 1. The highest BCUT2D eigenvalue weighted by Gasteiger charge is 2.30. The molecule has 0 bridgehead atoms. The van der Waals surface area contributed by atoms with E-state index in [9.17, 15) is 14.3 Å². The van der Waals surface area contributed by atoms with Crippen LogP contribution in [0.2, 0.25) is 0 Å². The number of anilines is 1. The van der Waals surface area contributed by atoms with E-state index < -0.39 is 11.5 Å². The highest BCUT2D eigenvalue weighted by molar-refractivity contribution is 7.99. The number of pyridine rings is 1. The SMILES string of the molecule is CC(C)c1nnc2ccc(NC(=O)C(C)(O)CSc3cccc(F)c3)cn12. The second-order valence-corrected chi connectivity index (χ2v) is 7.88. The zero-order valence-electron chi connectivity index (χ0n) is 15.3. The van der Waals surface area contributed by atoms with Gasteiger partial charge in [0.05, 0.1) is 5.69 Å². The maximum absolute atomic E-state index is 13.3. The van der Waals surface area contributed by atoms with Gasteiger partial charge in [-0.3, -0.25) is 9.20 Å². The van der Waals surface area contributed by atoms with Gasteiger partial charge < -0.3 is 10.4 Å². The predicted octanol–water partition coefficient (Wildman–Crippen LogP) is 3.47. The lowest BCUT2D eigenvalue weighted by molar-refractivity contribution is -0.130. The topological polar surface area (TPSA) is 79.5 Å². The van der Waals surface area contributed by atoms with E-state index in [0.717, 1.165) is 5.82 Å². The fourth-order valence-electron chi connectivity index (χ4n) is 2.49. The lowest BCUT2D eigenvalue weighted by Crippen LogP contribution is -2.42. The molecule has 0 saturated carbocycles. The number of thioether (sulfide) groups is 1. The minimum atomic E-state index is -1.62. The van der Waals surface area contributed by atoms with Crippen LogP contribution in [0.15, 0.2) is 47.5 Å². The van der Waals surface area contributed by atoms with Crippen molar-refractivity contribution in [2.75, 3.05) is 11.1 Å². The van der Waals surface area contributed by atoms with Crippen LogP contribution < -0.4 is 5.32 Å². The summed E-state index contributed by atoms with van der Waals surface area (Å²) in [6.07, 6.45) is 1.73. The van der Waals surface area contributed by atoms with Crippen molar-refractivity contribution in [2.45, 2.75) is 37.2 Å². The number of benzene rings is 1. The van der Waals surface area contributed by atoms with Crippen molar-refractivity contribution in [1.82, 2.24) is 14.6 Å². The van der Waals surface area contributed by atoms with Gasteiger partial charge in [-0.2, -0.15) is 0 Å². The largest absolute Gasteiger partial charge is 0.379 e. The third-order valence-corrected chi connectivity index (χ3v) is 5.30. The summed E-state index contributed by atoms with van der Waals surface area (Å²) in [6, 6.07) is 9.50. The molecule has 0 saturated heterocycles. The molecule has 2 aromatic heterocycles. The highest BCUT2D eigenvalue weighted by Crippen LogP contribution is 2.24. The Kier molecular flexibility index (Phi) is 5.48. The molecule has 6 nitrogen and oxygen atoms in total. The Hall–Kier alpha value is -2.45. The van der Waals surface area contributed by atoms with Gasteiger partial charge in [-0.1, -0.05) is 19.9 Å². The first-order chi connectivity index (χ1) is 12.8. The van der Waals surface area contributed by atoms with Crippen LogP contribution in [0.25, 0.3) is 5.65 Å². The third kappa shape index (κ3) is 4.45. The molecule has 0 spiro atoms. The van der Waals surface area contributed by atoms with E-state index >= 15 is 0 Å². The summed E-state index contributed by atoms with van der Waals surface area (Å²) in [6.45, 7) is 5.46. The summed E-state index contributed by atoms with van der Waals surface area (Å²) in [5.74, 6) is 0.164. The second-order valence-electron chi connectivity index (χ2n) is 6.83. The van der Waals surface area contributed by atoms with E-state index in [1.165, 1.54) is 30.8 Å².